The molecule has 4 heteroatoms. The molecule has 1 fully saturated rings. The lowest BCUT2D eigenvalue weighted by Crippen LogP contribution is -2.49. The van der Waals surface area contributed by atoms with Gasteiger partial charge in [-0.1, -0.05) is 13.8 Å². The molecule has 1 rings (SSSR count). The second-order valence-corrected chi connectivity index (χ2v) is 5.69. The van der Waals surface area contributed by atoms with Gasteiger partial charge in [-0.2, -0.15) is 0 Å². The molecule has 1 heterocycles. The fourth-order valence-corrected chi connectivity index (χ4v) is 2.80. The number of likely N-dealkylation sites (N-methyl/N-ethyl adjacent to an activating group) is 1. The van der Waals surface area contributed by atoms with Crippen LogP contribution in [-0.2, 0) is 9.47 Å². The largest absolute Gasteiger partial charge is 0.383 e. The SMILES string of the molecule is CCCNCC1(CN(CC)CCOC)CCCOC1. The highest BCUT2D eigenvalue weighted by Gasteiger charge is 2.34. The van der Waals surface area contributed by atoms with Crippen molar-refractivity contribution >= 4 is 0 Å². The molecule has 1 saturated heterocycles. The third-order valence-electron chi connectivity index (χ3n) is 3.95. The summed E-state index contributed by atoms with van der Waals surface area (Å²) in [5.41, 5.74) is 0.289. The number of methoxy groups -OCH3 is 1. The zero-order valence-electron chi connectivity index (χ0n) is 13.0. The average molecular weight is 272 g/mol. The third-order valence-corrected chi connectivity index (χ3v) is 3.95. The standard InChI is InChI=1S/C15H32N2O2/c1-4-8-16-12-15(7-6-10-19-14-15)13-17(5-2)9-11-18-3/h16H,4-14H2,1-3H3. The molecule has 0 amide bonds. The third kappa shape index (κ3) is 6.21. The van der Waals surface area contributed by atoms with Gasteiger partial charge in [-0.3, -0.25) is 0 Å². The van der Waals surface area contributed by atoms with E-state index >= 15 is 0 Å². The van der Waals surface area contributed by atoms with Gasteiger partial charge in [0.1, 0.15) is 0 Å². The van der Waals surface area contributed by atoms with Crippen LogP contribution in [0.3, 0.4) is 0 Å². The molecular formula is C15H32N2O2. The Hall–Kier alpha value is -0.160. The van der Waals surface area contributed by atoms with Crippen LogP contribution in [0, 0.1) is 5.41 Å². The quantitative estimate of drug-likeness (QED) is 0.614. The van der Waals surface area contributed by atoms with Crippen LogP contribution in [0.2, 0.25) is 0 Å². The zero-order valence-corrected chi connectivity index (χ0v) is 13.0. The Labute approximate surface area is 118 Å². The highest BCUT2D eigenvalue weighted by atomic mass is 16.5. The first kappa shape index (κ1) is 16.9. The Morgan fingerprint density at radius 3 is 2.79 bits per heavy atom. The van der Waals surface area contributed by atoms with E-state index in [4.69, 9.17) is 9.47 Å². The summed E-state index contributed by atoms with van der Waals surface area (Å²) >= 11 is 0. The fraction of sp³-hybridized carbons (Fsp3) is 1.00. The lowest BCUT2D eigenvalue weighted by Gasteiger charge is -2.41. The van der Waals surface area contributed by atoms with E-state index in [1.807, 2.05) is 0 Å². The van der Waals surface area contributed by atoms with Crippen LogP contribution >= 0.6 is 0 Å². The van der Waals surface area contributed by atoms with E-state index in [9.17, 15) is 0 Å². The summed E-state index contributed by atoms with van der Waals surface area (Å²) in [5, 5.41) is 3.59. The van der Waals surface area contributed by atoms with Crippen LogP contribution in [0.5, 0.6) is 0 Å². The number of hydrogen-bond acceptors (Lipinski definition) is 4. The number of ether oxygens (including phenoxy) is 2. The minimum absolute atomic E-state index is 0.289. The van der Waals surface area contributed by atoms with Crippen molar-refractivity contribution < 1.29 is 9.47 Å². The minimum Gasteiger partial charge on any atom is -0.383 e. The van der Waals surface area contributed by atoms with E-state index < -0.39 is 0 Å². The molecule has 0 aromatic heterocycles. The maximum atomic E-state index is 5.77. The van der Waals surface area contributed by atoms with Gasteiger partial charge in [-0.25, -0.2) is 0 Å². The Kier molecular flexibility index (Phi) is 8.62. The van der Waals surface area contributed by atoms with Gasteiger partial charge in [0.15, 0.2) is 0 Å². The maximum absolute atomic E-state index is 5.77. The molecular weight excluding hydrogens is 240 g/mol. The molecule has 1 aliphatic heterocycles. The molecule has 114 valence electrons. The summed E-state index contributed by atoms with van der Waals surface area (Å²) in [5.74, 6) is 0. The number of hydrogen-bond donors (Lipinski definition) is 1. The van der Waals surface area contributed by atoms with Crippen molar-refractivity contribution in [3.8, 4) is 0 Å². The van der Waals surface area contributed by atoms with Crippen LogP contribution < -0.4 is 5.32 Å². The summed E-state index contributed by atoms with van der Waals surface area (Å²) in [6.07, 6.45) is 3.65. The van der Waals surface area contributed by atoms with Gasteiger partial charge in [-0.15, -0.1) is 0 Å². The van der Waals surface area contributed by atoms with E-state index in [2.05, 4.69) is 24.1 Å². The summed E-state index contributed by atoms with van der Waals surface area (Å²) in [7, 11) is 1.77. The van der Waals surface area contributed by atoms with Gasteiger partial charge in [0.25, 0.3) is 0 Å². The van der Waals surface area contributed by atoms with Gasteiger partial charge >= 0.3 is 0 Å². The molecule has 0 bridgehead atoms. The van der Waals surface area contributed by atoms with Gasteiger partial charge in [0.2, 0.25) is 0 Å². The summed E-state index contributed by atoms with van der Waals surface area (Å²) in [4.78, 5) is 2.49. The lowest BCUT2D eigenvalue weighted by molar-refractivity contribution is -0.0280. The monoisotopic (exact) mass is 272 g/mol. The van der Waals surface area contributed by atoms with Gasteiger partial charge in [-0.05, 0) is 32.4 Å². The highest BCUT2D eigenvalue weighted by Crippen LogP contribution is 2.29. The van der Waals surface area contributed by atoms with Crippen LogP contribution in [0.1, 0.15) is 33.1 Å². The first-order valence-corrected chi connectivity index (χ1v) is 7.76. The first-order chi connectivity index (χ1) is 9.26. The zero-order chi connectivity index (χ0) is 14.0. The van der Waals surface area contributed by atoms with Gasteiger partial charge in [0.05, 0.1) is 13.2 Å². The second kappa shape index (κ2) is 9.70. The molecule has 0 aromatic carbocycles. The van der Waals surface area contributed by atoms with Crippen molar-refractivity contribution in [3.05, 3.63) is 0 Å². The van der Waals surface area contributed by atoms with Crippen molar-refractivity contribution in [2.75, 3.05) is 59.7 Å². The van der Waals surface area contributed by atoms with Crippen LogP contribution in [0.4, 0.5) is 0 Å². The van der Waals surface area contributed by atoms with Crippen LogP contribution in [0.25, 0.3) is 0 Å². The fourth-order valence-electron chi connectivity index (χ4n) is 2.80. The molecule has 0 saturated carbocycles. The normalized spacial score (nSPS) is 24.0. The van der Waals surface area contributed by atoms with E-state index in [1.54, 1.807) is 7.11 Å². The van der Waals surface area contributed by atoms with Crippen molar-refractivity contribution in [2.45, 2.75) is 33.1 Å². The molecule has 0 aliphatic carbocycles. The Bertz CT molecular complexity index is 218. The van der Waals surface area contributed by atoms with Gasteiger partial charge < -0.3 is 19.7 Å². The van der Waals surface area contributed by atoms with E-state index in [0.717, 1.165) is 52.5 Å². The average Bonchev–Trinajstić information content (AvgIpc) is 2.45. The predicted molar refractivity (Wildman–Crippen MR) is 79.6 cm³/mol. The molecule has 0 aromatic rings. The molecule has 1 N–H and O–H groups in total. The topological polar surface area (TPSA) is 33.7 Å². The number of nitrogens with one attached hydrogen (secondary N) is 1. The summed E-state index contributed by atoms with van der Waals surface area (Å²) in [6.45, 7) is 12.5. The Morgan fingerprint density at radius 2 is 2.21 bits per heavy atom. The van der Waals surface area contributed by atoms with Crippen LogP contribution in [-0.4, -0.2) is 64.6 Å². The molecule has 1 atom stereocenters. The van der Waals surface area contributed by atoms with Gasteiger partial charge in [0, 0.05) is 38.8 Å². The smallest absolute Gasteiger partial charge is 0.0589 e. The summed E-state index contributed by atoms with van der Waals surface area (Å²) in [6, 6.07) is 0. The molecule has 0 spiro atoms. The maximum Gasteiger partial charge on any atom is 0.0589 e. The van der Waals surface area contributed by atoms with Crippen molar-refractivity contribution in [1.82, 2.24) is 10.2 Å². The predicted octanol–water partition coefficient (Wildman–Crippen LogP) is 1.75. The van der Waals surface area contributed by atoms with E-state index in [-0.39, 0.29) is 5.41 Å². The molecule has 0 radical (unpaired) electrons. The second-order valence-electron chi connectivity index (χ2n) is 5.69. The molecule has 4 nitrogen and oxygen atoms in total. The summed E-state index contributed by atoms with van der Waals surface area (Å²) < 4.78 is 11.0. The van der Waals surface area contributed by atoms with Crippen molar-refractivity contribution in [3.63, 3.8) is 0 Å². The van der Waals surface area contributed by atoms with Crippen molar-refractivity contribution in [2.24, 2.45) is 5.41 Å². The van der Waals surface area contributed by atoms with Crippen LogP contribution in [0.15, 0.2) is 0 Å². The lowest BCUT2D eigenvalue weighted by atomic mass is 9.81. The molecule has 1 aliphatic rings. The molecule has 19 heavy (non-hydrogen) atoms. The number of nitrogens with zero attached hydrogens (tertiary/aromatic N) is 1. The number of rotatable bonds is 10. The minimum atomic E-state index is 0.289. The van der Waals surface area contributed by atoms with E-state index in [1.165, 1.54) is 19.3 Å². The van der Waals surface area contributed by atoms with E-state index in [0.29, 0.717) is 0 Å². The van der Waals surface area contributed by atoms with Crippen molar-refractivity contribution in [1.29, 1.82) is 0 Å². The molecule has 1 unspecified atom stereocenters. The highest BCUT2D eigenvalue weighted by molar-refractivity contribution is 4.87. The first-order valence-electron chi connectivity index (χ1n) is 7.76. The Balaban J connectivity index is 2.50. The Morgan fingerprint density at radius 1 is 1.37 bits per heavy atom.